The van der Waals surface area contributed by atoms with E-state index in [2.05, 4.69) is 21.2 Å². The highest BCUT2D eigenvalue weighted by atomic mass is 79.9. The Morgan fingerprint density at radius 2 is 1.78 bits per heavy atom. The fourth-order valence-electron chi connectivity index (χ4n) is 1.91. The van der Waals surface area contributed by atoms with Crippen molar-refractivity contribution in [2.75, 3.05) is 13.2 Å². The summed E-state index contributed by atoms with van der Waals surface area (Å²) in [5.74, 6) is 1.38. The summed E-state index contributed by atoms with van der Waals surface area (Å²) in [6.45, 7) is 2.85. The third kappa shape index (κ3) is 6.32. The monoisotopic (exact) mass is 377 g/mol. The van der Waals surface area contributed by atoms with Crippen LogP contribution in [0.25, 0.3) is 0 Å². The number of benzene rings is 2. The summed E-state index contributed by atoms with van der Waals surface area (Å²) in [6, 6.07) is 17.0. The number of nitrogens with one attached hydrogen (secondary N) is 1. The molecule has 0 bridgehead atoms. The van der Waals surface area contributed by atoms with Gasteiger partial charge in [-0.15, -0.1) is 0 Å². The minimum absolute atomic E-state index is 0.132. The SMILES string of the molecule is CC(Oc1ccc(Br)cc1)C(=O)NCCCOc1ccccc1. The maximum absolute atomic E-state index is 12.0. The molecular formula is C18H20BrNO3. The van der Waals surface area contributed by atoms with E-state index in [1.54, 1.807) is 6.92 Å². The van der Waals surface area contributed by atoms with Crippen molar-refractivity contribution in [3.8, 4) is 11.5 Å². The van der Waals surface area contributed by atoms with Gasteiger partial charge in [0.25, 0.3) is 5.91 Å². The molecule has 23 heavy (non-hydrogen) atoms. The van der Waals surface area contributed by atoms with Crippen LogP contribution in [0.4, 0.5) is 0 Å². The molecule has 0 saturated heterocycles. The summed E-state index contributed by atoms with van der Waals surface area (Å²) in [7, 11) is 0. The second-order valence-corrected chi connectivity index (χ2v) is 5.94. The lowest BCUT2D eigenvalue weighted by Crippen LogP contribution is -2.37. The minimum Gasteiger partial charge on any atom is -0.494 e. The van der Waals surface area contributed by atoms with Crippen molar-refractivity contribution in [1.29, 1.82) is 0 Å². The van der Waals surface area contributed by atoms with E-state index in [0.717, 1.165) is 16.6 Å². The minimum atomic E-state index is -0.536. The molecule has 1 N–H and O–H groups in total. The Hall–Kier alpha value is -2.01. The Kier molecular flexibility index (Phi) is 6.94. The van der Waals surface area contributed by atoms with Crippen LogP contribution in [0.1, 0.15) is 13.3 Å². The molecule has 5 heteroatoms. The van der Waals surface area contributed by atoms with Gasteiger partial charge in [-0.3, -0.25) is 4.79 Å². The highest BCUT2D eigenvalue weighted by Crippen LogP contribution is 2.17. The van der Waals surface area contributed by atoms with E-state index in [4.69, 9.17) is 9.47 Å². The first-order valence-corrected chi connectivity index (χ1v) is 8.32. The summed E-state index contributed by atoms with van der Waals surface area (Å²) >= 11 is 3.36. The van der Waals surface area contributed by atoms with Crippen LogP contribution in [-0.4, -0.2) is 25.2 Å². The number of amides is 1. The standard InChI is InChI=1S/C18H20BrNO3/c1-14(23-17-10-8-15(19)9-11-17)18(21)20-12-5-13-22-16-6-3-2-4-7-16/h2-4,6-11,14H,5,12-13H2,1H3,(H,20,21). The number of hydrogen-bond acceptors (Lipinski definition) is 3. The molecule has 4 nitrogen and oxygen atoms in total. The predicted octanol–water partition coefficient (Wildman–Crippen LogP) is 3.80. The van der Waals surface area contributed by atoms with E-state index in [9.17, 15) is 4.79 Å². The molecule has 0 fully saturated rings. The zero-order valence-corrected chi connectivity index (χ0v) is 14.6. The number of para-hydroxylation sites is 1. The Labute approximate surface area is 144 Å². The van der Waals surface area contributed by atoms with Crippen molar-refractivity contribution in [3.05, 3.63) is 59.1 Å². The van der Waals surface area contributed by atoms with Crippen LogP contribution in [0.15, 0.2) is 59.1 Å². The zero-order chi connectivity index (χ0) is 16.5. The lowest BCUT2D eigenvalue weighted by molar-refractivity contribution is -0.127. The number of ether oxygens (including phenoxy) is 2. The summed E-state index contributed by atoms with van der Waals surface area (Å²) in [4.78, 5) is 12.0. The van der Waals surface area contributed by atoms with Gasteiger partial charge in [0.1, 0.15) is 11.5 Å². The molecule has 0 aliphatic heterocycles. The molecule has 2 aromatic rings. The molecule has 0 spiro atoms. The quantitative estimate of drug-likeness (QED) is 0.711. The van der Waals surface area contributed by atoms with E-state index < -0.39 is 6.10 Å². The largest absolute Gasteiger partial charge is 0.494 e. The second kappa shape index (κ2) is 9.20. The molecule has 2 rings (SSSR count). The number of carbonyl (C=O) groups is 1. The van der Waals surface area contributed by atoms with Gasteiger partial charge in [0, 0.05) is 11.0 Å². The molecule has 0 radical (unpaired) electrons. The lowest BCUT2D eigenvalue weighted by atomic mass is 10.3. The summed E-state index contributed by atoms with van der Waals surface area (Å²) in [6.07, 6.45) is 0.206. The Balaban J connectivity index is 1.63. The average molecular weight is 378 g/mol. The number of hydrogen-bond donors (Lipinski definition) is 1. The fraction of sp³-hybridized carbons (Fsp3) is 0.278. The predicted molar refractivity (Wildman–Crippen MR) is 93.8 cm³/mol. The van der Waals surface area contributed by atoms with Crippen molar-refractivity contribution in [2.24, 2.45) is 0 Å². The van der Waals surface area contributed by atoms with Crippen molar-refractivity contribution >= 4 is 21.8 Å². The van der Waals surface area contributed by atoms with Crippen LogP contribution in [-0.2, 0) is 4.79 Å². The molecule has 0 aromatic heterocycles. The Bertz CT molecular complexity index is 601. The molecule has 0 aliphatic rings. The van der Waals surface area contributed by atoms with Gasteiger partial charge in [0.2, 0.25) is 0 Å². The number of halogens is 1. The van der Waals surface area contributed by atoms with Crippen molar-refractivity contribution in [1.82, 2.24) is 5.32 Å². The average Bonchev–Trinajstić information content (AvgIpc) is 2.57. The first-order chi connectivity index (χ1) is 11.1. The van der Waals surface area contributed by atoms with Gasteiger partial charge in [0.15, 0.2) is 6.10 Å². The highest BCUT2D eigenvalue weighted by molar-refractivity contribution is 9.10. The zero-order valence-electron chi connectivity index (χ0n) is 13.0. The fourth-order valence-corrected chi connectivity index (χ4v) is 2.17. The van der Waals surface area contributed by atoms with Crippen LogP contribution < -0.4 is 14.8 Å². The molecule has 1 atom stereocenters. The first-order valence-electron chi connectivity index (χ1n) is 7.53. The van der Waals surface area contributed by atoms with Crippen LogP contribution in [0.3, 0.4) is 0 Å². The molecule has 1 unspecified atom stereocenters. The topological polar surface area (TPSA) is 47.6 Å². The van der Waals surface area contributed by atoms with Crippen LogP contribution in [0, 0.1) is 0 Å². The van der Waals surface area contributed by atoms with Gasteiger partial charge in [-0.05, 0) is 49.7 Å². The normalized spacial score (nSPS) is 11.6. The van der Waals surface area contributed by atoms with Gasteiger partial charge < -0.3 is 14.8 Å². The third-order valence-corrected chi connectivity index (χ3v) is 3.66. The van der Waals surface area contributed by atoms with Crippen molar-refractivity contribution in [3.63, 3.8) is 0 Å². The van der Waals surface area contributed by atoms with E-state index >= 15 is 0 Å². The third-order valence-electron chi connectivity index (χ3n) is 3.13. The van der Waals surface area contributed by atoms with E-state index in [0.29, 0.717) is 18.9 Å². The summed E-state index contributed by atoms with van der Waals surface area (Å²) in [5.41, 5.74) is 0. The van der Waals surface area contributed by atoms with Crippen LogP contribution in [0.2, 0.25) is 0 Å². The van der Waals surface area contributed by atoms with Gasteiger partial charge in [0.05, 0.1) is 6.61 Å². The van der Waals surface area contributed by atoms with Gasteiger partial charge in [-0.25, -0.2) is 0 Å². The second-order valence-electron chi connectivity index (χ2n) is 5.02. The van der Waals surface area contributed by atoms with E-state index in [1.165, 1.54) is 0 Å². The lowest BCUT2D eigenvalue weighted by Gasteiger charge is -2.15. The molecule has 1 amide bonds. The molecule has 0 aliphatic carbocycles. The molecule has 0 heterocycles. The molecule has 2 aromatic carbocycles. The van der Waals surface area contributed by atoms with Crippen molar-refractivity contribution in [2.45, 2.75) is 19.4 Å². The Morgan fingerprint density at radius 3 is 2.48 bits per heavy atom. The van der Waals surface area contributed by atoms with Crippen molar-refractivity contribution < 1.29 is 14.3 Å². The molecule has 122 valence electrons. The number of rotatable bonds is 8. The van der Waals surface area contributed by atoms with Gasteiger partial charge in [-0.1, -0.05) is 34.1 Å². The maximum Gasteiger partial charge on any atom is 0.260 e. The highest BCUT2D eigenvalue weighted by Gasteiger charge is 2.13. The van der Waals surface area contributed by atoms with Crippen LogP contribution >= 0.6 is 15.9 Å². The Morgan fingerprint density at radius 1 is 1.09 bits per heavy atom. The smallest absolute Gasteiger partial charge is 0.260 e. The number of carbonyl (C=O) groups excluding carboxylic acids is 1. The summed E-state index contributed by atoms with van der Waals surface area (Å²) < 4.78 is 12.1. The van der Waals surface area contributed by atoms with Crippen LogP contribution in [0.5, 0.6) is 11.5 Å². The first kappa shape index (κ1) is 17.3. The van der Waals surface area contributed by atoms with E-state index in [1.807, 2.05) is 54.6 Å². The van der Waals surface area contributed by atoms with E-state index in [-0.39, 0.29) is 5.91 Å². The van der Waals surface area contributed by atoms with Gasteiger partial charge in [-0.2, -0.15) is 0 Å². The maximum atomic E-state index is 12.0. The van der Waals surface area contributed by atoms with Gasteiger partial charge >= 0.3 is 0 Å². The summed E-state index contributed by atoms with van der Waals surface area (Å²) in [5, 5.41) is 2.85. The molecule has 0 saturated carbocycles. The molecular weight excluding hydrogens is 358 g/mol.